The number of rotatable bonds is 2. The average Bonchev–Trinajstić information content (AvgIpc) is 2.22. The number of halogens is 1. The predicted octanol–water partition coefficient (Wildman–Crippen LogP) is 4.72. The number of benzene rings is 1. The van der Waals surface area contributed by atoms with Gasteiger partial charge in [0.15, 0.2) is 0 Å². The van der Waals surface area contributed by atoms with Crippen LogP contribution < -0.4 is 4.74 Å². The molecular weight excluding hydrogens is 264 g/mol. The lowest BCUT2D eigenvalue weighted by atomic mass is 9.88. The Bertz CT molecular complexity index is 362. The van der Waals surface area contributed by atoms with Crippen molar-refractivity contribution in [2.75, 3.05) is 0 Å². The zero-order valence-corrected chi connectivity index (χ0v) is 11.6. The van der Waals surface area contributed by atoms with E-state index in [1.807, 2.05) is 0 Å². The van der Waals surface area contributed by atoms with E-state index in [9.17, 15) is 0 Å². The van der Waals surface area contributed by atoms with E-state index in [1.165, 1.54) is 31.2 Å². The molecule has 1 aromatic rings. The molecule has 2 rings (SSSR count). The van der Waals surface area contributed by atoms with Crippen LogP contribution in [0.3, 0.4) is 0 Å². The highest BCUT2D eigenvalue weighted by atomic mass is 79.9. The summed E-state index contributed by atoms with van der Waals surface area (Å²) in [4.78, 5) is 0. The highest BCUT2D eigenvalue weighted by Crippen LogP contribution is 2.29. The van der Waals surface area contributed by atoms with E-state index < -0.39 is 0 Å². The molecule has 2 unspecified atom stereocenters. The Morgan fingerprint density at radius 3 is 2.81 bits per heavy atom. The van der Waals surface area contributed by atoms with Gasteiger partial charge in [0, 0.05) is 4.47 Å². The molecule has 0 N–H and O–H groups in total. The topological polar surface area (TPSA) is 9.23 Å². The SMILES string of the molecule is Cc1cc(Br)ccc1OC1CCCC(C)C1. The van der Waals surface area contributed by atoms with Crippen molar-refractivity contribution < 1.29 is 4.74 Å². The molecule has 2 atom stereocenters. The van der Waals surface area contributed by atoms with Gasteiger partial charge >= 0.3 is 0 Å². The van der Waals surface area contributed by atoms with Crippen molar-refractivity contribution in [1.82, 2.24) is 0 Å². The van der Waals surface area contributed by atoms with Crippen molar-refractivity contribution in [1.29, 1.82) is 0 Å². The van der Waals surface area contributed by atoms with E-state index in [0.717, 1.165) is 16.1 Å². The molecule has 0 spiro atoms. The molecule has 1 aliphatic rings. The average molecular weight is 283 g/mol. The molecular formula is C14H19BrO. The summed E-state index contributed by atoms with van der Waals surface area (Å²) >= 11 is 3.48. The zero-order chi connectivity index (χ0) is 11.5. The molecule has 1 fully saturated rings. The van der Waals surface area contributed by atoms with Crippen molar-refractivity contribution in [2.24, 2.45) is 5.92 Å². The highest BCUT2D eigenvalue weighted by molar-refractivity contribution is 9.10. The molecule has 16 heavy (non-hydrogen) atoms. The highest BCUT2D eigenvalue weighted by Gasteiger charge is 2.20. The Morgan fingerprint density at radius 2 is 2.12 bits per heavy atom. The minimum absolute atomic E-state index is 0.420. The second-order valence-corrected chi connectivity index (χ2v) is 5.84. The third-order valence-electron chi connectivity index (χ3n) is 3.32. The molecule has 0 bridgehead atoms. The summed E-state index contributed by atoms with van der Waals surface area (Å²) < 4.78 is 7.21. The van der Waals surface area contributed by atoms with Crippen LogP contribution in [0.1, 0.15) is 38.2 Å². The lowest BCUT2D eigenvalue weighted by Crippen LogP contribution is -2.24. The lowest BCUT2D eigenvalue weighted by Gasteiger charge is -2.28. The molecule has 0 aromatic heterocycles. The van der Waals surface area contributed by atoms with E-state index in [0.29, 0.717) is 6.10 Å². The molecule has 1 saturated carbocycles. The van der Waals surface area contributed by atoms with Crippen LogP contribution in [0.4, 0.5) is 0 Å². The smallest absolute Gasteiger partial charge is 0.122 e. The van der Waals surface area contributed by atoms with Crippen LogP contribution in [0.15, 0.2) is 22.7 Å². The van der Waals surface area contributed by atoms with Crippen molar-refractivity contribution in [3.63, 3.8) is 0 Å². The molecule has 0 aliphatic heterocycles. The Hall–Kier alpha value is -0.500. The van der Waals surface area contributed by atoms with Crippen LogP contribution in [0.5, 0.6) is 5.75 Å². The number of ether oxygens (including phenoxy) is 1. The standard InChI is InChI=1S/C14H19BrO/c1-10-4-3-5-13(8-10)16-14-7-6-12(15)9-11(14)2/h6-7,9-10,13H,3-5,8H2,1-2H3. The maximum Gasteiger partial charge on any atom is 0.122 e. The quantitative estimate of drug-likeness (QED) is 0.763. The first-order chi connectivity index (χ1) is 7.65. The van der Waals surface area contributed by atoms with Gasteiger partial charge in [0.2, 0.25) is 0 Å². The largest absolute Gasteiger partial charge is 0.490 e. The van der Waals surface area contributed by atoms with Crippen LogP contribution >= 0.6 is 15.9 Å². The lowest BCUT2D eigenvalue weighted by molar-refractivity contribution is 0.128. The van der Waals surface area contributed by atoms with E-state index in [-0.39, 0.29) is 0 Å². The maximum atomic E-state index is 6.09. The first kappa shape index (κ1) is 12.0. The van der Waals surface area contributed by atoms with Gasteiger partial charge in [0.05, 0.1) is 6.10 Å². The Balaban J connectivity index is 2.02. The molecule has 1 nitrogen and oxygen atoms in total. The molecule has 1 aliphatic carbocycles. The summed E-state index contributed by atoms with van der Waals surface area (Å²) in [6.07, 6.45) is 5.50. The second-order valence-electron chi connectivity index (χ2n) is 4.92. The van der Waals surface area contributed by atoms with Crippen molar-refractivity contribution >= 4 is 15.9 Å². The van der Waals surface area contributed by atoms with Gasteiger partial charge in [-0.1, -0.05) is 29.3 Å². The minimum atomic E-state index is 0.420. The molecule has 0 saturated heterocycles. The number of hydrogen-bond donors (Lipinski definition) is 0. The van der Waals surface area contributed by atoms with Crippen molar-refractivity contribution in [2.45, 2.75) is 45.6 Å². The Labute approximate surface area is 106 Å². The van der Waals surface area contributed by atoms with E-state index >= 15 is 0 Å². The fraction of sp³-hybridized carbons (Fsp3) is 0.571. The number of hydrogen-bond acceptors (Lipinski definition) is 1. The van der Waals surface area contributed by atoms with Crippen LogP contribution in [0.25, 0.3) is 0 Å². The molecule has 1 aromatic carbocycles. The van der Waals surface area contributed by atoms with Gasteiger partial charge in [-0.25, -0.2) is 0 Å². The molecule has 0 radical (unpaired) electrons. The summed E-state index contributed by atoms with van der Waals surface area (Å²) in [5, 5.41) is 0. The van der Waals surface area contributed by atoms with Crippen LogP contribution in [0, 0.1) is 12.8 Å². The zero-order valence-electron chi connectivity index (χ0n) is 10.0. The summed E-state index contributed by atoms with van der Waals surface area (Å²) in [6, 6.07) is 6.23. The van der Waals surface area contributed by atoms with Crippen LogP contribution in [-0.2, 0) is 0 Å². The van der Waals surface area contributed by atoms with Gasteiger partial charge in [0.25, 0.3) is 0 Å². The number of aryl methyl sites for hydroxylation is 1. The second kappa shape index (κ2) is 5.22. The Morgan fingerprint density at radius 1 is 1.31 bits per heavy atom. The first-order valence-electron chi connectivity index (χ1n) is 6.08. The van der Waals surface area contributed by atoms with E-state index in [1.54, 1.807) is 0 Å². The summed E-state index contributed by atoms with van der Waals surface area (Å²) in [6.45, 7) is 4.43. The van der Waals surface area contributed by atoms with Gasteiger partial charge < -0.3 is 4.74 Å². The van der Waals surface area contributed by atoms with Crippen LogP contribution in [-0.4, -0.2) is 6.10 Å². The maximum absolute atomic E-state index is 6.09. The first-order valence-corrected chi connectivity index (χ1v) is 6.87. The summed E-state index contributed by atoms with van der Waals surface area (Å²) in [7, 11) is 0. The fourth-order valence-corrected chi connectivity index (χ4v) is 2.89. The van der Waals surface area contributed by atoms with Gasteiger partial charge in [0.1, 0.15) is 5.75 Å². The normalized spacial score (nSPS) is 25.4. The molecule has 2 heteroatoms. The predicted molar refractivity (Wildman–Crippen MR) is 70.9 cm³/mol. The van der Waals surface area contributed by atoms with Gasteiger partial charge in [-0.15, -0.1) is 0 Å². The van der Waals surface area contributed by atoms with Gasteiger partial charge in [-0.3, -0.25) is 0 Å². The minimum Gasteiger partial charge on any atom is -0.490 e. The summed E-state index contributed by atoms with van der Waals surface area (Å²) in [5.41, 5.74) is 1.22. The molecule has 88 valence electrons. The van der Waals surface area contributed by atoms with Gasteiger partial charge in [-0.2, -0.15) is 0 Å². The fourth-order valence-electron chi connectivity index (χ4n) is 2.41. The van der Waals surface area contributed by atoms with E-state index in [2.05, 4.69) is 48.0 Å². The third kappa shape index (κ3) is 3.00. The Kier molecular flexibility index (Phi) is 3.91. The summed E-state index contributed by atoms with van der Waals surface area (Å²) in [5.74, 6) is 1.86. The van der Waals surface area contributed by atoms with Crippen LogP contribution in [0.2, 0.25) is 0 Å². The van der Waals surface area contributed by atoms with Crippen molar-refractivity contribution in [3.8, 4) is 5.75 Å². The van der Waals surface area contributed by atoms with E-state index in [4.69, 9.17) is 4.74 Å². The molecule has 0 heterocycles. The van der Waals surface area contributed by atoms with Gasteiger partial charge in [-0.05, 0) is 55.9 Å². The van der Waals surface area contributed by atoms with Crippen molar-refractivity contribution in [3.05, 3.63) is 28.2 Å². The molecule has 0 amide bonds. The monoisotopic (exact) mass is 282 g/mol. The third-order valence-corrected chi connectivity index (χ3v) is 3.81.